The number of fused-ring (bicyclic) bond motifs is 1. The van der Waals surface area contributed by atoms with Crippen LogP contribution in [0.2, 0.25) is 0 Å². The summed E-state index contributed by atoms with van der Waals surface area (Å²) < 4.78 is 3.24. The summed E-state index contributed by atoms with van der Waals surface area (Å²) in [6, 6.07) is 7.58. The number of anilines is 1. The number of benzene rings is 1. The van der Waals surface area contributed by atoms with Crippen LogP contribution in [-0.4, -0.2) is 20.0 Å². The van der Waals surface area contributed by atoms with Crippen molar-refractivity contribution in [3.63, 3.8) is 0 Å². The van der Waals surface area contributed by atoms with Crippen LogP contribution in [0.25, 0.3) is 11.0 Å². The monoisotopic (exact) mass is 344 g/mol. The second-order valence-corrected chi connectivity index (χ2v) is 6.87. The van der Waals surface area contributed by atoms with Gasteiger partial charge in [-0.15, -0.1) is 11.3 Å². The number of hydrogen-bond donors (Lipinski definition) is 1. The number of hydrogen-bond acceptors (Lipinski definition) is 4. The number of nitrogens with zero attached hydrogens (tertiary/aromatic N) is 3. The molecule has 2 heterocycles. The predicted molar refractivity (Wildman–Crippen MR) is 96.6 cm³/mol. The quantitative estimate of drug-likeness (QED) is 0.774. The van der Waals surface area contributed by atoms with E-state index in [0.29, 0.717) is 17.6 Å². The molecule has 24 heavy (non-hydrogen) atoms. The van der Waals surface area contributed by atoms with Gasteiger partial charge in [-0.1, -0.05) is 26.0 Å². The Morgan fingerprint density at radius 1 is 1.29 bits per heavy atom. The Kier molecular flexibility index (Phi) is 4.53. The molecular formula is C17H20N4O2S. The lowest BCUT2D eigenvalue weighted by Gasteiger charge is -2.04. The minimum absolute atomic E-state index is 0.111. The number of carbonyl (C=O) groups excluding carboxylic acids is 1. The maximum absolute atomic E-state index is 12.3. The molecule has 1 amide bonds. The first-order valence-corrected chi connectivity index (χ1v) is 8.75. The number of carbonyl (C=O) groups is 1. The van der Waals surface area contributed by atoms with E-state index in [4.69, 9.17) is 0 Å². The zero-order chi connectivity index (χ0) is 17.3. The lowest BCUT2D eigenvalue weighted by atomic mass is 10.2. The standard InChI is InChI=1S/C17H20N4O2S/c1-11(2)12-10-24-16(18-12)19-15(22)8-9-21-14-7-5-4-6-13(14)20(3)17(21)23/h4-7,10-11H,8-9H2,1-3H3,(H,18,19,22). The van der Waals surface area contributed by atoms with Crippen molar-refractivity contribution in [1.82, 2.24) is 14.1 Å². The normalized spacial score (nSPS) is 11.3. The van der Waals surface area contributed by atoms with Gasteiger partial charge in [-0.3, -0.25) is 13.9 Å². The summed E-state index contributed by atoms with van der Waals surface area (Å²) in [5, 5.41) is 5.37. The molecule has 0 aliphatic carbocycles. The third-order valence-electron chi connectivity index (χ3n) is 3.97. The summed E-state index contributed by atoms with van der Waals surface area (Å²) in [6.45, 7) is 4.47. The van der Waals surface area contributed by atoms with Crippen LogP contribution in [0.1, 0.15) is 31.9 Å². The lowest BCUT2D eigenvalue weighted by molar-refractivity contribution is -0.116. The molecule has 0 saturated carbocycles. The molecule has 0 aliphatic heterocycles. The van der Waals surface area contributed by atoms with E-state index in [1.165, 1.54) is 11.3 Å². The molecule has 6 nitrogen and oxygen atoms in total. The number of rotatable bonds is 5. The van der Waals surface area contributed by atoms with E-state index in [9.17, 15) is 9.59 Å². The SMILES string of the molecule is CC(C)c1csc(NC(=O)CCn2c(=O)n(C)c3ccccc32)n1. The third kappa shape index (κ3) is 3.12. The summed E-state index contributed by atoms with van der Waals surface area (Å²) >= 11 is 1.42. The van der Waals surface area contributed by atoms with Crippen molar-refractivity contribution in [3.05, 3.63) is 45.8 Å². The fourth-order valence-electron chi connectivity index (χ4n) is 2.58. The number of nitrogens with one attached hydrogen (secondary N) is 1. The van der Waals surface area contributed by atoms with Gasteiger partial charge < -0.3 is 5.32 Å². The van der Waals surface area contributed by atoms with E-state index in [2.05, 4.69) is 24.1 Å². The molecule has 0 saturated heterocycles. The lowest BCUT2D eigenvalue weighted by Crippen LogP contribution is -2.24. The second-order valence-electron chi connectivity index (χ2n) is 6.01. The van der Waals surface area contributed by atoms with Crippen molar-refractivity contribution >= 4 is 33.4 Å². The van der Waals surface area contributed by atoms with E-state index in [-0.39, 0.29) is 18.0 Å². The van der Waals surface area contributed by atoms with Crippen LogP contribution >= 0.6 is 11.3 Å². The third-order valence-corrected chi connectivity index (χ3v) is 4.75. The Labute approximate surface area is 143 Å². The minimum atomic E-state index is -0.139. The number of imidazole rings is 1. The topological polar surface area (TPSA) is 68.9 Å². The molecule has 0 unspecified atom stereocenters. The second kappa shape index (κ2) is 6.60. The highest BCUT2D eigenvalue weighted by Gasteiger charge is 2.13. The van der Waals surface area contributed by atoms with Crippen molar-refractivity contribution in [2.45, 2.75) is 32.7 Å². The highest BCUT2D eigenvalue weighted by Crippen LogP contribution is 2.21. The molecule has 0 bridgehead atoms. The van der Waals surface area contributed by atoms with Crippen LogP contribution in [-0.2, 0) is 18.4 Å². The van der Waals surface area contributed by atoms with Crippen molar-refractivity contribution in [1.29, 1.82) is 0 Å². The van der Waals surface area contributed by atoms with E-state index < -0.39 is 0 Å². The van der Waals surface area contributed by atoms with Crippen LogP contribution in [0.4, 0.5) is 5.13 Å². The van der Waals surface area contributed by atoms with E-state index in [1.807, 2.05) is 29.6 Å². The Balaban J connectivity index is 1.70. The van der Waals surface area contributed by atoms with Gasteiger partial charge in [0.05, 0.1) is 16.7 Å². The summed E-state index contributed by atoms with van der Waals surface area (Å²) in [6.07, 6.45) is 0.227. The summed E-state index contributed by atoms with van der Waals surface area (Å²) in [5.41, 5.74) is 2.57. The number of amides is 1. The number of thiazole rings is 1. The van der Waals surface area contributed by atoms with Gasteiger partial charge in [0.15, 0.2) is 5.13 Å². The Morgan fingerprint density at radius 3 is 2.67 bits per heavy atom. The Bertz CT molecular complexity index is 936. The zero-order valence-electron chi connectivity index (χ0n) is 13.9. The maximum Gasteiger partial charge on any atom is 0.328 e. The minimum Gasteiger partial charge on any atom is -0.302 e. The molecule has 2 aromatic heterocycles. The van der Waals surface area contributed by atoms with Crippen LogP contribution < -0.4 is 11.0 Å². The smallest absolute Gasteiger partial charge is 0.302 e. The van der Waals surface area contributed by atoms with Gasteiger partial charge in [0, 0.05) is 25.4 Å². The molecule has 0 fully saturated rings. The molecule has 0 aliphatic rings. The van der Waals surface area contributed by atoms with Crippen molar-refractivity contribution in [3.8, 4) is 0 Å². The Morgan fingerprint density at radius 2 is 2.00 bits per heavy atom. The average molecular weight is 344 g/mol. The number of aromatic nitrogens is 3. The van der Waals surface area contributed by atoms with Crippen LogP contribution in [0.15, 0.2) is 34.4 Å². The van der Waals surface area contributed by atoms with Gasteiger partial charge in [0.2, 0.25) is 5.91 Å². The van der Waals surface area contributed by atoms with Gasteiger partial charge in [0.1, 0.15) is 0 Å². The number of para-hydroxylation sites is 2. The fourth-order valence-corrected chi connectivity index (χ4v) is 3.47. The molecule has 126 valence electrons. The molecular weight excluding hydrogens is 324 g/mol. The Hall–Kier alpha value is -2.41. The van der Waals surface area contributed by atoms with Crippen LogP contribution in [0, 0.1) is 0 Å². The zero-order valence-corrected chi connectivity index (χ0v) is 14.8. The van der Waals surface area contributed by atoms with E-state index >= 15 is 0 Å². The maximum atomic E-state index is 12.3. The first-order chi connectivity index (χ1) is 11.5. The molecule has 0 atom stereocenters. The van der Waals surface area contributed by atoms with Crippen molar-refractivity contribution in [2.75, 3.05) is 5.32 Å². The molecule has 1 N–H and O–H groups in total. The van der Waals surface area contributed by atoms with Gasteiger partial charge >= 0.3 is 5.69 Å². The van der Waals surface area contributed by atoms with Crippen molar-refractivity contribution < 1.29 is 4.79 Å². The largest absolute Gasteiger partial charge is 0.328 e. The molecule has 1 aromatic carbocycles. The first kappa shape index (κ1) is 16.4. The molecule has 3 rings (SSSR count). The fraction of sp³-hybridized carbons (Fsp3) is 0.353. The average Bonchev–Trinajstić information content (AvgIpc) is 3.11. The van der Waals surface area contributed by atoms with E-state index in [1.54, 1.807) is 16.2 Å². The number of aryl methyl sites for hydroxylation is 2. The van der Waals surface area contributed by atoms with Gasteiger partial charge in [-0.2, -0.15) is 0 Å². The van der Waals surface area contributed by atoms with Gasteiger partial charge in [-0.05, 0) is 18.1 Å². The predicted octanol–water partition coefficient (Wildman–Crippen LogP) is 2.95. The van der Waals surface area contributed by atoms with Crippen LogP contribution in [0.3, 0.4) is 0 Å². The molecule has 3 aromatic rings. The highest BCUT2D eigenvalue weighted by molar-refractivity contribution is 7.13. The molecule has 0 radical (unpaired) electrons. The summed E-state index contributed by atoms with van der Waals surface area (Å²) in [7, 11) is 1.74. The van der Waals surface area contributed by atoms with E-state index in [0.717, 1.165) is 16.7 Å². The van der Waals surface area contributed by atoms with Crippen LogP contribution in [0.5, 0.6) is 0 Å². The molecule has 0 spiro atoms. The van der Waals surface area contributed by atoms with Crippen molar-refractivity contribution in [2.24, 2.45) is 7.05 Å². The highest BCUT2D eigenvalue weighted by atomic mass is 32.1. The van der Waals surface area contributed by atoms with Gasteiger partial charge in [0.25, 0.3) is 0 Å². The molecule has 7 heteroatoms. The first-order valence-electron chi connectivity index (χ1n) is 7.87. The summed E-state index contributed by atoms with van der Waals surface area (Å²) in [5.74, 6) is 0.195. The summed E-state index contributed by atoms with van der Waals surface area (Å²) in [4.78, 5) is 28.9. The van der Waals surface area contributed by atoms with Gasteiger partial charge in [-0.25, -0.2) is 9.78 Å².